The number of H-pyrrole nitrogens is 1. The second kappa shape index (κ2) is 12.1. The van der Waals surface area contributed by atoms with Crippen molar-refractivity contribution < 1.29 is 14.3 Å². The van der Waals surface area contributed by atoms with E-state index in [-0.39, 0.29) is 17.7 Å². The van der Waals surface area contributed by atoms with Crippen LogP contribution < -0.4 is 20.3 Å². The maximum atomic E-state index is 12.6. The minimum atomic E-state index is 0.0800. The number of amides is 2. The molecule has 1 saturated carbocycles. The molecule has 3 aromatic rings. The number of likely N-dealkylation sites (N-methyl/N-ethyl adjacent to an activating group) is 1. The smallest absolute Gasteiger partial charge is 0.236 e. The number of carbonyl (C=O) groups is 2. The lowest BCUT2D eigenvalue weighted by atomic mass is 10.3. The van der Waals surface area contributed by atoms with Gasteiger partial charge in [-0.1, -0.05) is 0 Å². The van der Waals surface area contributed by atoms with Crippen LogP contribution in [0.1, 0.15) is 18.5 Å². The number of ether oxygens (including phenoxy) is 1. The average molecular weight is 566 g/mol. The lowest BCUT2D eigenvalue weighted by Gasteiger charge is -2.36. The third-order valence-electron chi connectivity index (χ3n) is 6.65. The molecule has 1 aromatic carbocycles. The van der Waals surface area contributed by atoms with Gasteiger partial charge < -0.3 is 30.1 Å². The summed E-state index contributed by atoms with van der Waals surface area (Å²) in [6.07, 6.45) is 1.93. The maximum Gasteiger partial charge on any atom is 0.236 e. The van der Waals surface area contributed by atoms with E-state index in [1.807, 2.05) is 61.2 Å². The highest BCUT2D eigenvalue weighted by Gasteiger charge is 2.30. The number of carbonyl (C=O) groups excluding carboxylic acids is 2. The molecule has 212 valence electrons. The van der Waals surface area contributed by atoms with E-state index in [2.05, 4.69) is 25.7 Å². The first-order valence-electron chi connectivity index (χ1n) is 13.3. The fourth-order valence-electron chi connectivity index (χ4n) is 4.39. The van der Waals surface area contributed by atoms with Crippen LogP contribution in [-0.2, 0) is 9.59 Å². The molecule has 0 spiro atoms. The van der Waals surface area contributed by atoms with Crippen molar-refractivity contribution in [2.24, 2.45) is 5.92 Å². The summed E-state index contributed by atoms with van der Waals surface area (Å²) in [5.41, 5.74) is 1.69. The second-order valence-electron chi connectivity index (χ2n) is 10.3. The van der Waals surface area contributed by atoms with Crippen LogP contribution in [0.15, 0.2) is 40.4 Å². The fraction of sp³-hybridized carbons (Fsp3) is 0.444. The van der Waals surface area contributed by atoms with Crippen molar-refractivity contribution in [1.82, 2.24) is 30.0 Å². The second-order valence-corrected chi connectivity index (χ2v) is 11.3. The normalized spacial score (nSPS) is 15.3. The fourth-order valence-corrected chi connectivity index (χ4v) is 5.15. The van der Waals surface area contributed by atoms with Crippen LogP contribution in [0, 0.1) is 12.8 Å². The molecule has 12 nitrogen and oxygen atoms in total. The van der Waals surface area contributed by atoms with Crippen molar-refractivity contribution in [3.8, 4) is 5.75 Å². The van der Waals surface area contributed by atoms with Gasteiger partial charge in [-0.2, -0.15) is 5.10 Å². The monoisotopic (exact) mass is 565 g/mol. The predicted octanol–water partition coefficient (Wildman–Crippen LogP) is 2.97. The molecule has 5 rings (SSSR count). The average Bonchev–Trinajstić information content (AvgIpc) is 3.71. The van der Waals surface area contributed by atoms with Gasteiger partial charge in [0.2, 0.25) is 17.6 Å². The molecule has 2 aliphatic rings. The summed E-state index contributed by atoms with van der Waals surface area (Å²) < 4.78 is 5.81. The third kappa shape index (κ3) is 6.83. The molecule has 3 N–H and O–H groups in total. The highest BCUT2D eigenvalue weighted by Crippen LogP contribution is 2.38. The van der Waals surface area contributed by atoms with Gasteiger partial charge in [0.15, 0.2) is 22.6 Å². The number of hydrogen-bond donors (Lipinski definition) is 3. The summed E-state index contributed by atoms with van der Waals surface area (Å²) in [6, 6.07) is 9.56. The van der Waals surface area contributed by atoms with Gasteiger partial charge in [-0.3, -0.25) is 14.7 Å². The van der Waals surface area contributed by atoms with E-state index in [0.717, 1.165) is 29.1 Å². The van der Waals surface area contributed by atoms with Crippen molar-refractivity contribution in [3.05, 3.63) is 36.0 Å². The summed E-state index contributed by atoms with van der Waals surface area (Å²) >= 11 is 1.42. The third-order valence-corrected chi connectivity index (χ3v) is 7.52. The molecular formula is C27H35N9O3S. The zero-order chi connectivity index (χ0) is 28.2. The number of anilines is 4. The van der Waals surface area contributed by atoms with Crippen LogP contribution in [0.5, 0.6) is 5.75 Å². The van der Waals surface area contributed by atoms with Crippen molar-refractivity contribution in [1.29, 1.82) is 0 Å². The molecule has 0 radical (unpaired) electrons. The number of rotatable bonds is 10. The van der Waals surface area contributed by atoms with E-state index in [1.165, 1.54) is 11.8 Å². The molecular weight excluding hydrogens is 530 g/mol. The van der Waals surface area contributed by atoms with Crippen LogP contribution >= 0.6 is 11.8 Å². The van der Waals surface area contributed by atoms with Crippen LogP contribution in [0.25, 0.3) is 0 Å². The molecule has 2 fully saturated rings. The lowest BCUT2D eigenvalue weighted by Crippen LogP contribution is -2.51. The Morgan fingerprint density at radius 1 is 1.12 bits per heavy atom. The first-order chi connectivity index (χ1) is 19.3. The Morgan fingerprint density at radius 2 is 1.85 bits per heavy atom. The summed E-state index contributed by atoms with van der Waals surface area (Å²) in [5, 5.41) is 14.0. The van der Waals surface area contributed by atoms with E-state index < -0.39 is 0 Å². The van der Waals surface area contributed by atoms with E-state index in [0.29, 0.717) is 61.1 Å². The number of benzene rings is 1. The summed E-state index contributed by atoms with van der Waals surface area (Å²) in [5.74, 6) is 2.63. The van der Waals surface area contributed by atoms with Gasteiger partial charge in [0.1, 0.15) is 0 Å². The van der Waals surface area contributed by atoms with Crippen LogP contribution in [0.3, 0.4) is 0 Å². The van der Waals surface area contributed by atoms with Gasteiger partial charge in [-0.25, -0.2) is 9.97 Å². The van der Waals surface area contributed by atoms with Gasteiger partial charge >= 0.3 is 0 Å². The Bertz CT molecular complexity index is 1350. The Labute approximate surface area is 237 Å². The summed E-state index contributed by atoms with van der Waals surface area (Å²) in [4.78, 5) is 41.2. The van der Waals surface area contributed by atoms with Crippen molar-refractivity contribution in [2.45, 2.75) is 29.8 Å². The summed E-state index contributed by atoms with van der Waals surface area (Å²) in [6.45, 7) is 4.74. The number of nitrogens with one attached hydrogen (secondary N) is 3. The van der Waals surface area contributed by atoms with Gasteiger partial charge in [0, 0.05) is 54.4 Å². The SMILES string of the molecule is COc1c(Nc2cc(C)[nH]n2)nc(Sc2ccc(NC(=O)C3CC3)cc2)nc1N1CCN(C(=O)CN(C)C)CC1. The minimum absolute atomic E-state index is 0.0800. The highest BCUT2D eigenvalue weighted by molar-refractivity contribution is 7.99. The molecule has 0 atom stereocenters. The number of aromatic amines is 1. The molecule has 40 heavy (non-hydrogen) atoms. The van der Waals surface area contributed by atoms with Gasteiger partial charge in [0.25, 0.3) is 0 Å². The van der Waals surface area contributed by atoms with Gasteiger partial charge in [-0.15, -0.1) is 0 Å². The van der Waals surface area contributed by atoms with Crippen LogP contribution in [0.4, 0.5) is 23.1 Å². The van der Waals surface area contributed by atoms with E-state index in [9.17, 15) is 9.59 Å². The van der Waals surface area contributed by atoms with Crippen molar-refractivity contribution >= 4 is 46.7 Å². The first-order valence-corrected chi connectivity index (χ1v) is 14.1. The topological polar surface area (TPSA) is 132 Å². The van der Waals surface area contributed by atoms with Gasteiger partial charge in [0.05, 0.1) is 13.7 Å². The number of nitrogens with zero attached hydrogens (tertiary/aromatic N) is 6. The minimum Gasteiger partial charge on any atom is -0.490 e. The van der Waals surface area contributed by atoms with Crippen LogP contribution in [-0.4, -0.2) is 95.7 Å². The van der Waals surface area contributed by atoms with E-state index in [1.54, 1.807) is 7.11 Å². The number of aromatic nitrogens is 4. The Hall–Kier alpha value is -3.84. The van der Waals surface area contributed by atoms with E-state index >= 15 is 0 Å². The maximum absolute atomic E-state index is 12.6. The molecule has 1 saturated heterocycles. The Balaban J connectivity index is 1.38. The molecule has 2 aromatic heterocycles. The lowest BCUT2D eigenvalue weighted by molar-refractivity contribution is -0.132. The molecule has 3 heterocycles. The molecule has 1 aliphatic heterocycles. The quantitative estimate of drug-likeness (QED) is 0.315. The molecule has 0 unspecified atom stereocenters. The standard InChI is InChI=1S/C27H35N9O3S/c1-17-15-21(33-32-17)29-24-23(39-4)25(36-13-11-35(12-14-36)22(37)16-34(2)3)31-27(30-24)40-20-9-7-19(8-10-20)28-26(38)18-5-6-18/h7-10,15,18H,5-6,11-14,16H2,1-4H3,(H,28,38)(H2,29,30,31,32,33). The number of aryl methyl sites for hydroxylation is 1. The van der Waals surface area contributed by atoms with Crippen molar-refractivity contribution in [3.63, 3.8) is 0 Å². The Morgan fingerprint density at radius 3 is 2.45 bits per heavy atom. The molecule has 0 bridgehead atoms. The van der Waals surface area contributed by atoms with E-state index in [4.69, 9.17) is 14.7 Å². The largest absolute Gasteiger partial charge is 0.490 e. The Kier molecular flexibility index (Phi) is 8.40. The zero-order valence-electron chi connectivity index (χ0n) is 23.2. The highest BCUT2D eigenvalue weighted by atomic mass is 32.2. The van der Waals surface area contributed by atoms with Gasteiger partial charge in [-0.05, 0) is 69.9 Å². The van der Waals surface area contributed by atoms with Crippen molar-refractivity contribution in [2.75, 3.05) is 69.5 Å². The molecule has 2 amide bonds. The number of hydrogen-bond acceptors (Lipinski definition) is 10. The number of piperazine rings is 1. The molecule has 13 heteroatoms. The number of methoxy groups -OCH3 is 1. The van der Waals surface area contributed by atoms with Crippen LogP contribution in [0.2, 0.25) is 0 Å². The zero-order valence-corrected chi connectivity index (χ0v) is 24.0. The molecule has 1 aliphatic carbocycles. The predicted molar refractivity (Wildman–Crippen MR) is 154 cm³/mol. The summed E-state index contributed by atoms with van der Waals surface area (Å²) in [7, 11) is 5.39. The first kappa shape index (κ1) is 27.7.